The highest BCUT2D eigenvalue weighted by atomic mass is 127. The SMILES string of the molecule is C=C(C)CN=C(NCCc1ccco1)NC1CCN(Cc2ccc(OC)c(F)c2)CC1.I. The molecule has 0 unspecified atom stereocenters. The van der Waals surface area contributed by atoms with Gasteiger partial charge in [-0.3, -0.25) is 4.90 Å². The number of piperidine rings is 1. The van der Waals surface area contributed by atoms with Crippen molar-refractivity contribution in [3.8, 4) is 5.75 Å². The Labute approximate surface area is 207 Å². The maximum Gasteiger partial charge on any atom is 0.191 e. The van der Waals surface area contributed by atoms with Crippen LogP contribution in [0.5, 0.6) is 5.75 Å². The van der Waals surface area contributed by atoms with Crippen LogP contribution in [-0.4, -0.2) is 50.2 Å². The van der Waals surface area contributed by atoms with Crippen LogP contribution in [0.25, 0.3) is 0 Å². The van der Waals surface area contributed by atoms with Gasteiger partial charge < -0.3 is 19.8 Å². The average molecular weight is 556 g/mol. The molecule has 8 heteroatoms. The van der Waals surface area contributed by atoms with Gasteiger partial charge in [-0.1, -0.05) is 18.2 Å². The minimum Gasteiger partial charge on any atom is -0.494 e. The second-order valence-electron chi connectivity index (χ2n) is 8.04. The van der Waals surface area contributed by atoms with Crippen LogP contribution < -0.4 is 15.4 Å². The third-order valence-electron chi connectivity index (χ3n) is 5.30. The maximum atomic E-state index is 13.9. The first-order chi connectivity index (χ1) is 15.0. The lowest BCUT2D eigenvalue weighted by Gasteiger charge is -2.33. The third-order valence-corrected chi connectivity index (χ3v) is 5.30. The summed E-state index contributed by atoms with van der Waals surface area (Å²) in [6.07, 6.45) is 4.50. The number of nitrogens with zero attached hydrogens (tertiary/aromatic N) is 2. The van der Waals surface area contributed by atoms with Crippen LogP contribution in [0, 0.1) is 5.82 Å². The van der Waals surface area contributed by atoms with Crippen LogP contribution >= 0.6 is 24.0 Å². The molecule has 1 saturated heterocycles. The lowest BCUT2D eigenvalue weighted by molar-refractivity contribution is 0.198. The molecule has 0 bridgehead atoms. The number of guanidine groups is 1. The van der Waals surface area contributed by atoms with Gasteiger partial charge in [-0.05, 0) is 49.6 Å². The first-order valence-corrected chi connectivity index (χ1v) is 10.8. The number of methoxy groups -OCH3 is 1. The van der Waals surface area contributed by atoms with Crippen LogP contribution in [0.2, 0.25) is 0 Å². The Hall–Kier alpha value is -2.07. The molecular formula is C24H34FIN4O2. The molecule has 2 N–H and O–H groups in total. The lowest BCUT2D eigenvalue weighted by Crippen LogP contribution is -2.49. The van der Waals surface area contributed by atoms with Crippen molar-refractivity contribution < 1.29 is 13.5 Å². The maximum absolute atomic E-state index is 13.9. The van der Waals surface area contributed by atoms with E-state index in [2.05, 4.69) is 27.1 Å². The van der Waals surface area contributed by atoms with E-state index >= 15 is 0 Å². The van der Waals surface area contributed by atoms with Crippen LogP contribution in [0.1, 0.15) is 31.1 Å². The molecule has 1 aliphatic rings. The van der Waals surface area contributed by atoms with E-state index in [0.29, 0.717) is 12.6 Å². The first kappa shape index (κ1) is 26.2. The highest BCUT2D eigenvalue weighted by Crippen LogP contribution is 2.20. The molecule has 2 heterocycles. The first-order valence-electron chi connectivity index (χ1n) is 10.8. The summed E-state index contributed by atoms with van der Waals surface area (Å²) >= 11 is 0. The number of furan rings is 1. The number of benzene rings is 1. The summed E-state index contributed by atoms with van der Waals surface area (Å²) in [6, 6.07) is 9.41. The predicted octanol–water partition coefficient (Wildman–Crippen LogP) is 4.36. The number of likely N-dealkylation sites (tertiary alicyclic amines) is 1. The Balaban J connectivity index is 0.00000363. The highest BCUT2D eigenvalue weighted by molar-refractivity contribution is 14.0. The van der Waals surface area contributed by atoms with Crippen molar-refractivity contribution in [1.82, 2.24) is 15.5 Å². The summed E-state index contributed by atoms with van der Waals surface area (Å²) in [6.45, 7) is 9.90. The topological polar surface area (TPSA) is 62.0 Å². The number of halogens is 2. The van der Waals surface area contributed by atoms with Crippen molar-refractivity contribution in [3.63, 3.8) is 0 Å². The molecule has 2 aromatic rings. The van der Waals surface area contributed by atoms with Gasteiger partial charge in [0.1, 0.15) is 5.76 Å². The van der Waals surface area contributed by atoms with Crippen molar-refractivity contribution in [2.24, 2.45) is 4.99 Å². The van der Waals surface area contributed by atoms with Crippen molar-refractivity contribution in [2.45, 2.75) is 38.8 Å². The predicted molar refractivity (Wildman–Crippen MR) is 137 cm³/mol. The van der Waals surface area contributed by atoms with Gasteiger partial charge in [0.25, 0.3) is 0 Å². The number of aliphatic imine (C=N–C) groups is 1. The molecule has 1 aromatic heterocycles. The molecule has 0 aliphatic carbocycles. The highest BCUT2D eigenvalue weighted by Gasteiger charge is 2.20. The Morgan fingerprint density at radius 2 is 2.09 bits per heavy atom. The summed E-state index contributed by atoms with van der Waals surface area (Å²) in [5.41, 5.74) is 1.99. The Morgan fingerprint density at radius 1 is 1.31 bits per heavy atom. The average Bonchev–Trinajstić information content (AvgIpc) is 3.27. The Morgan fingerprint density at radius 3 is 2.72 bits per heavy atom. The van der Waals surface area contributed by atoms with E-state index in [1.807, 2.05) is 25.1 Å². The molecule has 6 nitrogen and oxygen atoms in total. The summed E-state index contributed by atoms with van der Waals surface area (Å²) in [7, 11) is 1.48. The van der Waals surface area contributed by atoms with E-state index in [-0.39, 0.29) is 35.5 Å². The second kappa shape index (κ2) is 13.5. The van der Waals surface area contributed by atoms with Gasteiger partial charge in [-0.25, -0.2) is 9.38 Å². The molecule has 32 heavy (non-hydrogen) atoms. The normalized spacial score (nSPS) is 15.2. The van der Waals surface area contributed by atoms with Crippen molar-refractivity contribution >= 4 is 29.9 Å². The Kier molecular flexibility index (Phi) is 11.0. The molecule has 176 valence electrons. The number of hydrogen-bond donors (Lipinski definition) is 2. The van der Waals surface area contributed by atoms with Crippen LogP contribution in [0.3, 0.4) is 0 Å². The zero-order valence-corrected chi connectivity index (χ0v) is 21.2. The van der Waals surface area contributed by atoms with Crippen molar-refractivity contribution in [3.05, 3.63) is 65.9 Å². The Bertz CT molecular complexity index is 865. The summed E-state index contributed by atoms with van der Waals surface area (Å²) in [5.74, 6) is 1.74. The minimum atomic E-state index is -0.310. The molecule has 0 radical (unpaired) electrons. The van der Waals surface area contributed by atoms with E-state index < -0.39 is 0 Å². The molecule has 0 spiro atoms. The van der Waals surface area contributed by atoms with Gasteiger partial charge in [0.15, 0.2) is 17.5 Å². The van der Waals surface area contributed by atoms with Crippen LogP contribution in [0.15, 0.2) is 58.2 Å². The smallest absolute Gasteiger partial charge is 0.191 e. The standard InChI is InChI=1S/C24H33FN4O2.HI/c1-18(2)16-27-24(26-11-8-21-5-4-14-31-21)28-20-9-12-29(13-10-20)17-19-6-7-23(30-3)22(25)15-19;/h4-7,14-15,20H,1,8-13,16-17H2,2-3H3,(H2,26,27,28);1H. The summed E-state index contributed by atoms with van der Waals surface area (Å²) < 4.78 is 24.3. The largest absolute Gasteiger partial charge is 0.494 e. The quantitative estimate of drug-likeness (QED) is 0.208. The van der Waals surface area contributed by atoms with Crippen molar-refractivity contribution in [1.29, 1.82) is 0 Å². The molecule has 3 rings (SSSR count). The zero-order valence-electron chi connectivity index (χ0n) is 18.9. The lowest BCUT2D eigenvalue weighted by atomic mass is 10.0. The molecule has 0 amide bonds. The zero-order chi connectivity index (χ0) is 22.1. The van der Waals surface area contributed by atoms with Gasteiger partial charge in [0.05, 0.1) is 19.9 Å². The fourth-order valence-electron chi connectivity index (χ4n) is 3.62. The van der Waals surface area contributed by atoms with Crippen molar-refractivity contribution in [2.75, 3.05) is 33.3 Å². The van der Waals surface area contributed by atoms with E-state index in [1.165, 1.54) is 7.11 Å². The van der Waals surface area contributed by atoms with Gasteiger partial charge in [-0.2, -0.15) is 0 Å². The third kappa shape index (κ3) is 8.46. The second-order valence-corrected chi connectivity index (χ2v) is 8.04. The minimum absolute atomic E-state index is 0. The summed E-state index contributed by atoms with van der Waals surface area (Å²) in [5, 5.41) is 6.96. The number of ether oxygens (including phenoxy) is 1. The fraction of sp³-hybridized carbons (Fsp3) is 0.458. The van der Waals surface area contributed by atoms with Crippen LogP contribution in [-0.2, 0) is 13.0 Å². The number of nitrogens with one attached hydrogen (secondary N) is 2. The molecule has 1 fully saturated rings. The molecule has 1 aromatic carbocycles. The summed E-state index contributed by atoms with van der Waals surface area (Å²) in [4.78, 5) is 7.00. The van der Waals surface area contributed by atoms with E-state index in [9.17, 15) is 4.39 Å². The van der Waals surface area contributed by atoms with E-state index in [4.69, 9.17) is 9.15 Å². The van der Waals surface area contributed by atoms with Crippen LogP contribution in [0.4, 0.5) is 4.39 Å². The molecule has 1 aliphatic heterocycles. The van der Waals surface area contributed by atoms with Gasteiger partial charge in [-0.15, -0.1) is 24.0 Å². The fourth-order valence-corrected chi connectivity index (χ4v) is 3.62. The number of rotatable bonds is 9. The van der Waals surface area contributed by atoms with E-state index in [1.54, 1.807) is 18.4 Å². The monoisotopic (exact) mass is 556 g/mol. The van der Waals surface area contributed by atoms with Gasteiger partial charge in [0.2, 0.25) is 0 Å². The molecular weight excluding hydrogens is 522 g/mol. The van der Waals surface area contributed by atoms with E-state index in [0.717, 1.165) is 68.3 Å². The number of hydrogen-bond acceptors (Lipinski definition) is 4. The molecule has 0 saturated carbocycles. The van der Waals surface area contributed by atoms with Gasteiger partial charge >= 0.3 is 0 Å². The molecule has 0 atom stereocenters. The van der Waals surface area contributed by atoms with Gasteiger partial charge in [0, 0.05) is 38.6 Å².